The van der Waals surface area contributed by atoms with Crippen molar-refractivity contribution in [1.29, 1.82) is 0 Å². The number of esters is 1. The van der Waals surface area contributed by atoms with Crippen LogP contribution < -0.4 is 0 Å². The highest BCUT2D eigenvalue weighted by Crippen LogP contribution is 2.46. The minimum absolute atomic E-state index is 0.144. The molecule has 0 aromatic carbocycles. The average molecular weight is 777 g/mol. The second kappa shape index (κ2) is 20.4. The van der Waals surface area contributed by atoms with Crippen molar-refractivity contribution in [2.75, 3.05) is 0 Å². The molecule has 3 aliphatic rings. The summed E-state index contributed by atoms with van der Waals surface area (Å²) in [7, 11) is 0. The Kier molecular flexibility index (Phi) is 17.5. The molecule has 314 valence electrons. The molecule has 0 amide bonds. The normalized spacial score (nSPS) is 46.1. The van der Waals surface area contributed by atoms with Crippen LogP contribution in [0.2, 0.25) is 0 Å². The summed E-state index contributed by atoms with van der Waals surface area (Å²) in [5, 5.41) is 54.9. The number of ketones is 2. The van der Waals surface area contributed by atoms with Crippen LogP contribution in [-0.2, 0) is 28.6 Å². The third-order valence-electron chi connectivity index (χ3n) is 12.9. The summed E-state index contributed by atoms with van der Waals surface area (Å²) in [6, 6.07) is 0. The van der Waals surface area contributed by atoms with Crippen molar-refractivity contribution in [2.24, 2.45) is 47.3 Å². The van der Waals surface area contributed by atoms with Crippen molar-refractivity contribution >= 4 is 17.5 Å². The van der Waals surface area contributed by atoms with E-state index in [1.54, 1.807) is 20.8 Å². The Bertz CT molecular complexity index is 1350. The maximum absolute atomic E-state index is 13.5. The van der Waals surface area contributed by atoms with E-state index < -0.39 is 89.0 Å². The first-order chi connectivity index (χ1) is 25.6. The number of aliphatic hydroxyl groups is 5. The molecule has 0 aromatic heterocycles. The Labute approximate surface area is 329 Å². The molecule has 2 unspecified atom stereocenters. The summed E-state index contributed by atoms with van der Waals surface area (Å²) in [6.45, 7) is 17.1. The molecule has 2 saturated heterocycles. The Morgan fingerprint density at radius 3 is 2.13 bits per heavy atom. The lowest BCUT2D eigenvalue weighted by atomic mass is 9.75. The molecule has 3 heterocycles. The number of allylic oxidation sites excluding steroid dienone is 4. The molecule has 3 aliphatic heterocycles. The molecule has 1 spiro atoms. The molecule has 55 heavy (non-hydrogen) atoms. The zero-order valence-electron chi connectivity index (χ0n) is 35.0. The number of carbonyl (C=O) groups is 3. The maximum atomic E-state index is 13.5. The largest absolute Gasteiger partial charge is 0.459 e. The van der Waals surface area contributed by atoms with E-state index in [4.69, 9.17) is 14.2 Å². The third-order valence-corrected chi connectivity index (χ3v) is 12.9. The Balaban J connectivity index is 1.95. The Hall–Kier alpha value is -2.25. The fraction of sp³-hybridized carbons (Fsp3) is 0.795. The van der Waals surface area contributed by atoms with Gasteiger partial charge in [-0.25, -0.2) is 4.79 Å². The number of aliphatic hydroxyl groups excluding tert-OH is 4. The van der Waals surface area contributed by atoms with Gasteiger partial charge in [-0.1, -0.05) is 85.8 Å². The molecule has 5 N–H and O–H groups in total. The van der Waals surface area contributed by atoms with Crippen molar-refractivity contribution in [2.45, 2.75) is 175 Å². The van der Waals surface area contributed by atoms with Gasteiger partial charge in [0, 0.05) is 48.5 Å². The van der Waals surface area contributed by atoms with E-state index in [2.05, 4.69) is 19.9 Å². The van der Waals surface area contributed by atoms with Crippen molar-refractivity contribution < 1.29 is 54.1 Å². The molecule has 3 rings (SSSR count). The Morgan fingerprint density at radius 2 is 1.49 bits per heavy atom. The summed E-state index contributed by atoms with van der Waals surface area (Å²) in [5.74, 6) is -6.86. The van der Waals surface area contributed by atoms with E-state index in [1.165, 1.54) is 39.8 Å². The standard InChI is InChI=1S/C44H72O11/c1-11-33-16-14-12-13-15-27(4)41(50)43(10,52)42(51)32(9)40(49)31(8)39(48)30(7)38(47)26(3)17-20-37(46)53-36-24-44(54-34(19-18-33)29(36)6)22-21-25(2)35(55-44)23-28(5)45/h12-14,16-17,20,25-36,38,40-41,45,47,49-50,52H,11,15,18-19,21-24H2,1-10H3/b13-12+,16-14-,20-17+/t25-,26-,27+,28+,29+,30-,31-,32-,33-,34?,35-,36?,38+,40+,41-,43+,44-/m1/s1. The highest BCUT2D eigenvalue weighted by molar-refractivity contribution is 5.91. The zero-order chi connectivity index (χ0) is 41.4. The fourth-order valence-corrected chi connectivity index (χ4v) is 8.60. The number of carbonyl (C=O) groups excluding carboxylic acids is 3. The van der Waals surface area contributed by atoms with E-state index in [9.17, 15) is 39.9 Å². The average Bonchev–Trinajstić information content (AvgIpc) is 3.14. The predicted octanol–water partition coefficient (Wildman–Crippen LogP) is 5.64. The lowest BCUT2D eigenvalue weighted by Gasteiger charge is -2.52. The topological polar surface area (TPSA) is 180 Å². The first-order valence-corrected chi connectivity index (χ1v) is 20.8. The second-order valence-corrected chi connectivity index (χ2v) is 17.6. The highest BCUT2D eigenvalue weighted by atomic mass is 16.7. The smallest absolute Gasteiger partial charge is 0.330 e. The lowest BCUT2D eigenvalue weighted by Crippen LogP contribution is -2.57. The van der Waals surface area contributed by atoms with Gasteiger partial charge in [-0.2, -0.15) is 0 Å². The first-order valence-electron chi connectivity index (χ1n) is 20.8. The van der Waals surface area contributed by atoms with Gasteiger partial charge in [0.1, 0.15) is 17.5 Å². The van der Waals surface area contributed by atoms with Gasteiger partial charge >= 0.3 is 5.97 Å². The second-order valence-electron chi connectivity index (χ2n) is 17.6. The maximum Gasteiger partial charge on any atom is 0.330 e. The molecule has 0 saturated carbocycles. The SMILES string of the molecule is CC[C@@H]1/C=C\C=C\C[C@H](C)[C@@H](O)[C@](C)(O)C(=O)[C@H](C)[C@@H](O)[C@H](C)C(=O)[C@H](C)[C@@H](O)[C@H](C)/C=C/C(=O)OC2C[C@]3(CC[C@@H](C)[C@@H](C[C@H](C)O)O3)OC(CC1)[C@@H]2C. The molecule has 11 heteroatoms. The van der Waals surface area contributed by atoms with Gasteiger partial charge in [-0.15, -0.1) is 0 Å². The van der Waals surface area contributed by atoms with Gasteiger partial charge in [-0.05, 0) is 70.1 Å². The van der Waals surface area contributed by atoms with Crippen LogP contribution in [0.15, 0.2) is 36.5 Å². The fourth-order valence-electron chi connectivity index (χ4n) is 8.60. The summed E-state index contributed by atoms with van der Waals surface area (Å²) in [4.78, 5) is 40.3. The van der Waals surface area contributed by atoms with Crippen LogP contribution in [0.3, 0.4) is 0 Å². The molecule has 17 atom stereocenters. The summed E-state index contributed by atoms with van der Waals surface area (Å²) in [5.41, 5.74) is -2.18. The monoisotopic (exact) mass is 777 g/mol. The van der Waals surface area contributed by atoms with Crippen LogP contribution in [0.4, 0.5) is 0 Å². The van der Waals surface area contributed by atoms with Crippen LogP contribution in [0.5, 0.6) is 0 Å². The molecule has 0 aliphatic carbocycles. The van der Waals surface area contributed by atoms with E-state index in [0.717, 1.165) is 19.3 Å². The van der Waals surface area contributed by atoms with Crippen LogP contribution in [0.1, 0.15) is 121 Å². The summed E-state index contributed by atoms with van der Waals surface area (Å²) in [6.07, 6.45) is 10.1. The molecular formula is C44H72O11. The Morgan fingerprint density at radius 1 is 0.836 bits per heavy atom. The molecule has 2 fully saturated rings. The van der Waals surface area contributed by atoms with Crippen molar-refractivity contribution in [3.63, 3.8) is 0 Å². The minimum atomic E-state index is -2.18. The van der Waals surface area contributed by atoms with Gasteiger partial charge in [0.2, 0.25) is 0 Å². The predicted molar refractivity (Wildman–Crippen MR) is 210 cm³/mol. The van der Waals surface area contributed by atoms with E-state index >= 15 is 0 Å². The van der Waals surface area contributed by atoms with Gasteiger partial charge < -0.3 is 39.7 Å². The van der Waals surface area contributed by atoms with Gasteiger partial charge in [0.25, 0.3) is 0 Å². The number of hydrogen-bond acceptors (Lipinski definition) is 11. The number of Topliss-reactive ketones (excluding diaryl/α,β-unsaturated/α-hetero) is 2. The van der Waals surface area contributed by atoms with Crippen LogP contribution in [0.25, 0.3) is 0 Å². The van der Waals surface area contributed by atoms with Gasteiger partial charge in [0.15, 0.2) is 11.6 Å². The first kappa shape index (κ1) is 47.1. The summed E-state index contributed by atoms with van der Waals surface area (Å²) >= 11 is 0. The number of ether oxygens (including phenoxy) is 3. The molecule has 2 bridgehead atoms. The van der Waals surface area contributed by atoms with Crippen molar-refractivity contribution in [1.82, 2.24) is 0 Å². The third kappa shape index (κ3) is 12.1. The molecular weight excluding hydrogens is 704 g/mol. The van der Waals surface area contributed by atoms with E-state index in [0.29, 0.717) is 32.1 Å². The van der Waals surface area contributed by atoms with Crippen LogP contribution >= 0.6 is 0 Å². The summed E-state index contributed by atoms with van der Waals surface area (Å²) < 4.78 is 19.7. The van der Waals surface area contributed by atoms with Gasteiger partial charge in [0.05, 0.1) is 36.6 Å². The number of hydrogen-bond donors (Lipinski definition) is 5. The molecule has 0 aromatic rings. The highest BCUT2D eigenvalue weighted by Gasteiger charge is 2.51. The lowest BCUT2D eigenvalue weighted by molar-refractivity contribution is -0.347. The molecule has 11 nitrogen and oxygen atoms in total. The van der Waals surface area contributed by atoms with Crippen LogP contribution in [-0.4, -0.2) is 97.2 Å². The van der Waals surface area contributed by atoms with E-state index in [-0.39, 0.29) is 30.0 Å². The van der Waals surface area contributed by atoms with Crippen LogP contribution in [0, 0.1) is 47.3 Å². The number of fused-ring (bicyclic) bond motifs is 2. The quantitative estimate of drug-likeness (QED) is 0.224. The number of rotatable bonds is 3. The van der Waals surface area contributed by atoms with E-state index in [1.807, 2.05) is 25.2 Å². The minimum Gasteiger partial charge on any atom is -0.459 e. The van der Waals surface area contributed by atoms with Crippen molar-refractivity contribution in [3.8, 4) is 0 Å². The molecule has 0 radical (unpaired) electrons. The zero-order valence-corrected chi connectivity index (χ0v) is 35.0. The van der Waals surface area contributed by atoms with Crippen molar-refractivity contribution in [3.05, 3.63) is 36.5 Å². The van der Waals surface area contributed by atoms with Gasteiger partial charge in [-0.3, -0.25) is 9.59 Å².